The summed E-state index contributed by atoms with van der Waals surface area (Å²) in [5.41, 5.74) is 3.32. The van der Waals surface area contributed by atoms with E-state index in [2.05, 4.69) is 38.1 Å². The van der Waals surface area contributed by atoms with Gasteiger partial charge in [0.05, 0.1) is 5.92 Å². The summed E-state index contributed by atoms with van der Waals surface area (Å²) in [5, 5.41) is 0. The number of carbonyl (C=O) groups is 1. The zero-order chi connectivity index (χ0) is 23.3. The fourth-order valence-corrected chi connectivity index (χ4v) is 6.41. The molecule has 0 aromatic heterocycles. The van der Waals surface area contributed by atoms with Gasteiger partial charge in [0.15, 0.2) is 0 Å². The molecule has 178 valence electrons. The Kier molecular flexibility index (Phi) is 7.88. The van der Waals surface area contributed by atoms with Crippen LogP contribution < -0.4 is 4.74 Å². The second-order valence-electron chi connectivity index (χ2n) is 10.5. The first-order chi connectivity index (χ1) is 16.0. The highest BCUT2D eigenvalue weighted by Crippen LogP contribution is 2.47. The van der Waals surface area contributed by atoms with Crippen molar-refractivity contribution >= 4 is 5.97 Å². The molecule has 2 saturated carbocycles. The van der Waals surface area contributed by atoms with Crippen molar-refractivity contribution in [1.82, 2.24) is 0 Å². The highest BCUT2D eigenvalue weighted by molar-refractivity contribution is 5.75. The van der Waals surface area contributed by atoms with Gasteiger partial charge in [0.1, 0.15) is 11.6 Å². The molecule has 0 N–H and O–H groups in total. The summed E-state index contributed by atoms with van der Waals surface area (Å²) >= 11 is 0. The first-order valence-electron chi connectivity index (χ1n) is 13.1. The summed E-state index contributed by atoms with van der Waals surface area (Å²) in [6, 6.07) is 15.2. The Hall–Kier alpha value is -2.16. The zero-order valence-corrected chi connectivity index (χ0v) is 20.3. The van der Waals surface area contributed by atoms with Crippen LogP contribution in [0.4, 0.5) is 4.39 Å². The topological polar surface area (TPSA) is 26.3 Å². The smallest absolute Gasteiger partial charge is 0.314 e. The monoisotopic (exact) mass is 450 g/mol. The van der Waals surface area contributed by atoms with E-state index < -0.39 is 0 Å². The third-order valence-corrected chi connectivity index (χ3v) is 8.46. The summed E-state index contributed by atoms with van der Waals surface area (Å²) in [6.45, 7) is 4.77. The summed E-state index contributed by atoms with van der Waals surface area (Å²) in [5.74, 6) is 1.11. The van der Waals surface area contributed by atoms with Crippen molar-refractivity contribution in [1.29, 1.82) is 0 Å². The van der Waals surface area contributed by atoms with E-state index in [0.29, 0.717) is 17.1 Å². The number of carbonyl (C=O) groups excluding carboxylic acids is 1. The van der Waals surface area contributed by atoms with Gasteiger partial charge in [-0.3, -0.25) is 4.79 Å². The summed E-state index contributed by atoms with van der Waals surface area (Å²) in [4.78, 5) is 12.6. The molecule has 2 aliphatic rings. The Morgan fingerprint density at radius 3 is 2.21 bits per heavy atom. The third kappa shape index (κ3) is 5.50. The first kappa shape index (κ1) is 24.0. The maximum Gasteiger partial charge on any atom is 0.314 e. The van der Waals surface area contributed by atoms with Crippen LogP contribution in [0.5, 0.6) is 5.75 Å². The van der Waals surface area contributed by atoms with Gasteiger partial charge in [-0.05, 0) is 91.2 Å². The predicted octanol–water partition coefficient (Wildman–Crippen LogP) is 8.34. The van der Waals surface area contributed by atoms with Crippen LogP contribution in [-0.2, 0) is 10.2 Å². The lowest BCUT2D eigenvalue weighted by molar-refractivity contribution is -0.140. The number of halogens is 1. The Morgan fingerprint density at radius 2 is 1.61 bits per heavy atom. The molecular formula is C30H39FO2. The van der Waals surface area contributed by atoms with Crippen molar-refractivity contribution < 1.29 is 13.9 Å². The first-order valence-corrected chi connectivity index (χ1v) is 13.1. The number of rotatable bonds is 7. The molecule has 1 atom stereocenters. The SMILES string of the molecule is CCCC(C)C1(c2ccc(C3CCC(C(=O)Oc4ccc(F)cc4)CC3)cc2)CCCCC1. The van der Waals surface area contributed by atoms with Crippen LogP contribution in [0, 0.1) is 17.7 Å². The Morgan fingerprint density at radius 1 is 0.970 bits per heavy atom. The van der Waals surface area contributed by atoms with E-state index in [-0.39, 0.29) is 17.7 Å². The van der Waals surface area contributed by atoms with Crippen LogP contribution in [0.25, 0.3) is 0 Å². The van der Waals surface area contributed by atoms with E-state index in [1.165, 1.54) is 74.8 Å². The molecule has 0 radical (unpaired) electrons. The second kappa shape index (κ2) is 10.8. The Balaban J connectivity index is 1.37. The number of ether oxygens (including phenoxy) is 1. The molecule has 4 rings (SSSR count). The molecule has 33 heavy (non-hydrogen) atoms. The molecule has 2 aromatic carbocycles. The molecule has 0 saturated heterocycles. The summed E-state index contributed by atoms with van der Waals surface area (Å²) in [6.07, 6.45) is 13.0. The van der Waals surface area contributed by atoms with Crippen molar-refractivity contribution in [3.63, 3.8) is 0 Å². The van der Waals surface area contributed by atoms with Crippen molar-refractivity contribution in [2.75, 3.05) is 0 Å². The normalized spacial score (nSPS) is 23.6. The molecule has 2 aliphatic carbocycles. The van der Waals surface area contributed by atoms with E-state index in [4.69, 9.17) is 4.74 Å². The Bertz CT molecular complexity index is 888. The maximum absolute atomic E-state index is 13.1. The highest BCUT2D eigenvalue weighted by Gasteiger charge is 2.38. The van der Waals surface area contributed by atoms with Gasteiger partial charge in [0, 0.05) is 0 Å². The standard InChI is InChI=1S/C30H39FO2/c1-3-7-22(2)30(20-5-4-6-21-30)26-14-12-24(13-15-26)23-8-10-25(11-9-23)29(32)33-28-18-16-27(31)17-19-28/h12-19,22-23,25H,3-11,20-21H2,1-2H3. The van der Waals surface area contributed by atoms with E-state index in [9.17, 15) is 9.18 Å². The van der Waals surface area contributed by atoms with Gasteiger partial charge in [-0.15, -0.1) is 0 Å². The van der Waals surface area contributed by atoms with Crippen LogP contribution >= 0.6 is 0 Å². The predicted molar refractivity (Wildman–Crippen MR) is 132 cm³/mol. The zero-order valence-electron chi connectivity index (χ0n) is 20.3. The highest BCUT2D eigenvalue weighted by atomic mass is 19.1. The van der Waals surface area contributed by atoms with Crippen LogP contribution in [0.15, 0.2) is 48.5 Å². The molecule has 1 unspecified atom stereocenters. The molecule has 2 aromatic rings. The number of hydrogen-bond donors (Lipinski definition) is 0. The molecule has 0 bridgehead atoms. The minimum Gasteiger partial charge on any atom is -0.426 e. The van der Waals surface area contributed by atoms with Gasteiger partial charge >= 0.3 is 5.97 Å². The molecular weight excluding hydrogens is 411 g/mol. The largest absolute Gasteiger partial charge is 0.426 e. The lowest BCUT2D eigenvalue weighted by Gasteiger charge is -2.43. The molecule has 0 amide bonds. The van der Waals surface area contributed by atoms with Gasteiger partial charge in [-0.1, -0.05) is 70.2 Å². The average molecular weight is 451 g/mol. The van der Waals surface area contributed by atoms with E-state index in [1.807, 2.05) is 0 Å². The second-order valence-corrected chi connectivity index (χ2v) is 10.5. The fourth-order valence-electron chi connectivity index (χ4n) is 6.41. The fraction of sp³-hybridized carbons (Fsp3) is 0.567. The van der Waals surface area contributed by atoms with Crippen molar-refractivity contribution in [2.24, 2.45) is 11.8 Å². The van der Waals surface area contributed by atoms with Crippen LogP contribution in [0.2, 0.25) is 0 Å². The van der Waals surface area contributed by atoms with Gasteiger partial charge < -0.3 is 4.74 Å². The van der Waals surface area contributed by atoms with Crippen LogP contribution in [0.3, 0.4) is 0 Å². The van der Waals surface area contributed by atoms with Gasteiger partial charge in [-0.2, -0.15) is 0 Å². The molecule has 2 fully saturated rings. The Labute approximate surface area is 198 Å². The number of benzene rings is 2. The summed E-state index contributed by atoms with van der Waals surface area (Å²) < 4.78 is 18.5. The lowest BCUT2D eigenvalue weighted by atomic mass is 9.61. The van der Waals surface area contributed by atoms with E-state index in [1.54, 1.807) is 5.56 Å². The lowest BCUT2D eigenvalue weighted by Crippen LogP contribution is -2.36. The minimum absolute atomic E-state index is 0.0639. The molecule has 2 nitrogen and oxygen atoms in total. The third-order valence-electron chi connectivity index (χ3n) is 8.46. The quantitative estimate of drug-likeness (QED) is 0.313. The van der Waals surface area contributed by atoms with Gasteiger partial charge in [-0.25, -0.2) is 4.39 Å². The maximum atomic E-state index is 13.1. The van der Waals surface area contributed by atoms with E-state index >= 15 is 0 Å². The van der Waals surface area contributed by atoms with Gasteiger partial charge in [0.2, 0.25) is 0 Å². The van der Waals surface area contributed by atoms with Crippen LogP contribution in [0.1, 0.15) is 102 Å². The summed E-state index contributed by atoms with van der Waals surface area (Å²) in [7, 11) is 0. The molecule has 0 spiro atoms. The van der Waals surface area contributed by atoms with E-state index in [0.717, 1.165) is 31.6 Å². The van der Waals surface area contributed by atoms with Crippen LogP contribution in [-0.4, -0.2) is 5.97 Å². The molecule has 0 heterocycles. The number of hydrogen-bond acceptors (Lipinski definition) is 2. The number of esters is 1. The molecule has 0 aliphatic heterocycles. The van der Waals surface area contributed by atoms with Crippen molar-refractivity contribution in [2.45, 2.75) is 95.8 Å². The minimum atomic E-state index is -0.324. The van der Waals surface area contributed by atoms with Crippen molar-refractivity contribution in [3.05, 3.63) is 65.5 Å². The molecule has 3 heteroatoms. The average Bonchev–Trinajstić information content (AvgIpc) is 2.86. The van der Waals surface area contributed by atoms with Crippen molar-refractivity contribution in [3.8, 4) is 5.75 Å². The van der Waals surface area contributed by atoms with Gasteiger partial charge in [0.25, 0.3) is 0 Å².